The quantitative estimate of drug-likeness (QED) is 0.623. The van der Waals surface area contributed by atoms with E-state index in [1.54, 1.807) is 37.3 Å². The Morgan fingerprint density at radius 3 is 2.24 bits per heavy atom. The third kappa shape index (κ3) is 6.91. The van der Waals surface area contributed by atoms with E-state index in [0.29, 0.717) is 20.6 Å². The van der Waals surface area contributed by atoms with Crippen LogP contribution < -0.4 is 5.32 Å². The van der Waals surface area contributed by atoms with Gasteiger partial charge >= 0.3 is 0 Å². The van der Waals surface area contributed by atoms with Crippen LogP contribution in [0.15, 0.2) is 42.5 Å². The van der Waals surface area contributed by atoms with E-state index in [4.69, 9.17) is 34.8 Å². The summed E-state index contributed by atoms with van der Waals surface area (Å²) in [4.78, 5) is 27.4. The van der Waals surface area contributed by atoms with Crippen molar-refractivity contribution in [3.05, 3.63) is 68.7 Å². The van der Waals surface area contributed by atoms with Gasteiger partial charge in [-0.2, -0.15) is 0 Å². The van der Waals surface area contributed by atoms with Crippen LogP contribution in [-0.4, -0.2) is 28.3 Å². The van der Waals surface area contributed by atoms with E-state index in [1.165, 1.54) is 4.90 Å². The molecule has 4 nitrogen and oxygen atoms in total. The summed E-state index contributed by atoms with van der Waals surface area (Å²) in [5.74, 6) is -0.439. The molecular formula is C22H25Cl3N2O2. The lowest BCUT2D eigenvalue weighted by Crippen LogP contribution is -2.52. The first-order valence-corrected chi connectivity index (χ1v) is 10.4. The van der Waals surface area contributed by atoms with Crippen molar-refractivity contribution in [3.8, 4) is 0 Å². The molecule has 0 aliphatic rings. The number of halogens is 3. The Bertz CT molecular complexity index is 894. The maximum atomic E-state index is 13.2. The first-order chi connectivity index (χ1) is 13.5. The fourth-order valence-electron chi connectivity index (χ4n) is 2.80. The maximum absolute atomic E-state index is 13.2. The summed E-state index contributed by atoms with van der Waals surface area (Å²) in [6, 6.07) is 11.7. The van der Waals surface area contributed by atoms with Crippen LogP contribution in [0.4, 0.5) is 0 Å². The minimum atomic E-state index is -0.682. The summed E-state index contributed by atoms with van der Waals surface area (Å²) in [5, 5.41) is 4.28. The largest absolute Gasteiger partial charge is 0.350 e. The standard InChI is InChI=1S/C22H25Cl3N2O2/c1-14(21(29)26-22(2,3)4)27(13-15-9-10-18(24)19(25)11-15)20(28)12-16-7-5-6-8-17(16)23/h5-11,14H,12-13H2,1-4H3,(H,26,29)/t14-/m0/s1. The minimum Gasteiger partial charge on any atom is -0.350 e. The number of amides is 2. The highest BCUT2D eigenvalue weighted by atomic mass is 35.5. The van der Waals surface area contributed by atoms with Crippen LogP contribution in [0.2, 0.25) is 15.1 Å². The molecule has 0 unspecified atom stereocenters. The average molecular weight is 456 g/mol. The van der Waals surface area contributed by atoms with Gasteiger partial charge in [0.25, 0.3) is 0 Å². The Morgan fingerprint density at radius 2 is 1.66 bits per heavy atom. The van der Waals surface area contributed by atoms with Gasteiger partial charge in [-0.1, -0.05) is 59.1 Å². The second kappa shape index (κ2) is 9.84. The number of carbonyl (C=O) groups excluding carboxylic acids is 2. The zero-order valence-electron chi connectivity index (χ0n) is 16.9. The molecule has 0 aromatic heterocycles. The van der Waals surface area contributed by atoms with Crippen molar-refractivity contribution in [2.45, 2.75) is 52.2 Å². The highest BCUT2D eigenvalue weighted by Gasteiger charge is 2.28. The monoisotopic (exact) mass is 454 g/mol. The molecule has 0 saturated heterocycles. The maximum Gasteiger partial charge on any atom is 0.242 e. The number of nitrogens with zero attached hydrogens (tertiary/aromatic N) is 1. The SMILES string of the molecule is C[C@@H](C(=O)NC(C)(C)C)N(Cc1ccc(Cl)c(Cl)c1)C(=O)Cc1ccccc1Cl. The van der Waals surface area contributed by atoms with Gasteiger partial charge in [-0.25, -0.2) is 0 Å². The van der Waals surface area contributed by atoms with Crippen molar-refractivity contribution in [3.63, 3.8) is 0 Å². The Kier molecular flexibility index (Phi) is 7.98. The van der Waals surface area contributed by atoms with Gasteiger partial charge in [0, 0.05) is 17.1 Å². The third-order valence-electron chi connectivity index (χ3n) is 4.30. The first-order valence-electron chi connectivity index (χ1n) is 9.27. The van der Waals surface area contributed by atoms with Crippen LogP contribution in [0.3, 0.4) is 0 Å². The summed E-state index contributed by atoms with van der Waals surface area (Å²) in [6.45, 7) is 7.62. The van der Waals surface area contributed by atoms with Crippen LogP contribution in [0, 0.1) is 0 Å². The molecule has 1 atom stereocenters. The van der Waals surface area contributed by atoms with Gasteiger partial charge in [0.2, 0.25) is 11.8 Å². The lowest BCUT2D eigenvalue weighted by Gasteiger charge is -2.31. The topological polar surface area (TPSA) is 49.4 Å². The lowest BCUT2D eigenvalue weighted by atomic mass is 10.1. The Hall–Kier alpha value is -1.75. The van der Waals surface area contributed by atoms with Crippen molar-refractivity contribution in [2.24, 2.45) is 0 Å². The number of hydrogen-bond donors (Lipinski definition) is 1. The Labute approximate surface area is 187 Å². The minimum absolute atomic E-state index is 0.0914. The lowest BCUT2D eigenvalue weighted by molar-refractivity contribution is -0.140. The van der Waals surface area contributed by atoms with E-state index in [-0.39, 0.29) is 24.8 Å². The average Bonchev–Trinajstić information content (AvgIpc) is 2.62. The number of nitrogens with one attached hydrogen (secondary N) is 1. The van der Waals surface area contributed by atoms with Gasteiger partial charge in [-0.05, 0) is 57.0 Å². The second-order valence-corrected chi connectivity index (χ2v) is 9.18. The van der Waals surface area contributed by atoms with Crippen molar-refractivity contribution >= 4 is 46.6 Å². The molecule has 2 aromatic carbocycles. The summed E-state index contributed by atoms with van der Waals surface area (Å²) in [5.41, 5.74) is 1.08. The molecule has 0 spiro atoms. The number of carbonyl (C=O) groups is 2. The molecule has 0 heterocycles. The van der Waals surface area contributed by atoms with Crippen LogP contribution in [0.1, 0.15) is 38.8 Å². The molecule has 1 N–H and O–H groups in total. The molecule has 0 aliphatic carbocycles. The van der Waals surface area contributed by atoms with Crippen LogP contribution in [0.5, 0.6) is 0 Å². The molecule has 0 bridgehead atoms. The molecule has 0 aliphatic heterocycles. The Balaban J connectivity index is 2.30. The predicted molar refractivity (Wildman–Crippen MR) is 120 cm³/mol. The first kappa shape index (κ1) is 23.5. The number of benzene rings is 2. The van der Waals surface area contributed by atoms with Gasteiger partial charge in [-0.15, -0.1) is 0 Å². The predicted octanol–water partition coefficient (Wildman–Crippen LogP) is 5.52. The summed E-state index contributed by atoms with van der Waals surface area (Å²) in [7, 11) is 0. The van der Waals surface area contributed by atoms with Gasteiger partial charge in [-0.3, -0.25) is 9.59 Å². The van der Waals surface area contributed by atoms with Crippen molar-refractivity contribution in [1.82, 2.24) is 10.2 Å². The van der Waals surface area contributed by atoms with Gasteiger partial charge < -0.3 is 10.2 Å². The van der Waals surface area contributed by atoms with Crippen LogP contribution in [-0.2, 0) is 22.6 Å². The zero-order valence-corrected chi connectivity index (χ0v) is 19.2. The van der Waals surface area contributed by atoms with E-state index in [1.807, 2.05) is 32.9 Å². The number of hydrogen-bond acceptors (Lipinski definition) is 2. The van der Waals surface area contributed by atoms with E-state index in [2.05, 4.69) is 5.32 Å². The van der Waals surface area contributed by atoms with Gasteiger partial charge in [0.1, 0.15) is 6.04 Å². The van der Waals surface area contributed by atoms with Gasteiger partial charge in [0.15, 0.2) is 0 Å². The molecule has 2 aromatic rings. The normalized spacial score (nSPS) is 12.4. The molecule has 29 heavy (non-hydrogen) atoms. The fourth-order valence-corrected chi connectivity index (χ4v) is 3.32. The smallest absolute Gasteiger partial charge is 0.242 e. The number of rotatable bonds is 6. The van der Waals surface area contributed by atoms with Gasteiger partial charge in [0.05, 0.1) is 16.5 Å². The summed E-state index contributed by atoms with van der Waals surface area (Å²) in [6.07, 6.45) is 0.0914. The van der Waals surface area contributed by atoms with Crippen LogP contribution in [0.25, 0.3) is 0 Å². The second-order valence-electron chi connectivity index (χ2n) is 7.95. The molecule has 2 rings (SSSR count). The summed E-state index contributed by atoms with van der Waals surface area (Å²) >= 11 is 18.3. The molecule has 0 fully saturated rings. The zero-order chi connectivity index (χ0) is 21.8. The summed E-state index contributed by atoms with van der Waals surface area (Å²) < 4.78 is 0. The van der Waals surface area contributed by atoms with E-state index in [9.17, 15) is 9.59 Å². The van der Waals surface area contributed by atoms with E-state index >= 15 is 0 Å². The molecule has 7 heteroatoms. The highest BCUT2D eigenvalue weighted by Crippen LogP contribution is 2.24. The van der Waals surface area contributed by atoms with Crippen molar-refractivity contribution < 1.29 is 9.59 Å². The Morgan fingerprint density at radius 1 is 1.00 bits per heavy atom. The molecule has 2 amide bonds. The molecule has 0 radical (unpaired) electrons. The highest BCUT2D eigenvalue weighted by molar-refractivity contribution is 6.42. The van der Waals surface area contributed by atoms with Crippen molar-refractivity contribution in [1.29, 1.82) is 0 Å². The third-order valence-corrected chi connectivity index (χ3v) is 5.41. The molecule has 156 valence electrons. The van der Waals surface area contributed by atoms with E-state index < -0.39 is 11.6 Å². The molecule has 0 saturated carbocycles. The molecular weight excluding hydrogens is 431 g/mol. The van der Waals surface area contributed by atoms with Crippen LogP contribution >= 0.6 is 34.8 Å². The van der Waals surface area contributed by atoms with Crippen molar-refractivity contribution in [2.75, 3.05) is 0 Å². The van der Waals surface area contributed by atoms with E-state index in [0.717, 1.165) is 5.56 Å². The fraction of sp³-hybridized carbons (Fsp3) is 0.364.